The zero-order valence-corrected chi connectivity index (χ0v) is 19.4. The molecule has 9 heteroatoms. The molecule has 4 rings (SSSR count). The van der Waals surface area contributed by atoms with E-state index in [-0.39, 0.29) is 22.2 Å². The Hall–Kier alpha value is -3.26. The molecule has 0 unspecified atom stereocenters. The second kappa shape index (κ2) is 10.6. The molecule has 4 aromatic rings. The summed E-state index contributed by atoms with van der Waals surface area (Å²) in [4.78, 5) is 24.4. The third-order valence-corrected chi connectivity index (χ3v) is 5.97. The van der Waals surface area contributed by atoms with Gasteiger partial charge in [0.25, 0.3) is 5.91 Å². The summed E-state index contributed by atoms with van der Waals surface area (Å²) in [5, 5.41) is 10.2. The molecule has 0 fully saturated rings. The molecule has 166 valence electrons. The van der Waals surface area contributed by atoms with Crippen molar-refractivity contribution < 1.29 is 14.0 Å². The smallest absolute Gasteiger partial charge is 0.272 e. The molecule has 1 heterocycles. The monoisotopic (exact) mass is 497 g/mol. The Kier molecular flexibility index (Phi) is 7.34. The molecule has 0 saturated carbocycles. The van der Waals surface area contributed by atoms with Crippen LogP contribution >= 0.6 is 35.0 Å². The fourth-order valence-electron chi connectivity index (χ4n) is 2.97. The number of furan rings is 1. The Morgan fingerprint density at radius 2 is 1.79 bits per heavy atom. The van der Waals surface area contributed by atoms with Crippen molar-refractivity contribution in [3.8, 4) is 0 Å². The highest BCUT2D eigenvalue weighted by Gasteiger charge is 2.10. The molecule has 0 aliphatic heterocycles. The first-order valence-electron chi connectivity index (χ1n) is 9.78. The van der Waals surface area contributed by atoms with Crippen molar-refractivity contribution in [1.29, 1.82) is 0 Å². The average Bonchev–Trinajstić information content (AvgIpc) is 3.25. The van der Waals surface area contributed by atoms with Gasteiger partial charge in [0.15, 0.2) is 5.09 Å². The third kappa shape index (κ3) is 6.16. The number of anilines is 1. The molecule has 0 aliphatic carbocycles. The number of fused-ring (bicyclic) bond motifs is 1. The van der Waals surface area contributed by atoms with Crippen molar-refractivity contribution in [3.63, 3.8) is 0 Å². The molecule has 2 N–H and O–H groups in total. The molecule has 6 nitrogen and oxygen atoms in total. The number of carbonyl (C=O) groups is 2. The summed E-state index contributed by atoms with van der Waals surface area (Å²) in [7, 11) is 0. The van der Waals surface area contributed by atoms with Gasteiger partial charge in [-0.15, -0.1) is 0 Å². The number of hydrogen-bond donors (Lipinski definition) is 2. The van der Waals surface area contributed by atoms with Crippen LogP contribution in [0.4, 0.5) is 5.69 Å². The van der Waals surface area contributed by atoms with Crippen LogP contribution < -0.4 is 10.7 Å². The van der Waals surface area contributed by atoms with E-state index in [2.05, 4.69) is 15.8 Å². The van der Waals surface area contributed by atoms with E-state index >= 15 is 0 Å². The van der Waals surface area contributed by atoms with Crippen LogP contribution in [-0.4, -0.2) is 23.8 Å². The Labute approximate surface area is 203 Å². The first-order chi connectivity index (χ1) is 16.0. The quantitative estimate of drug-likeness (QED) is 0.180. The topological polar surface area (TPSA) is 83.7 Å². The largest absolute Gasteiger partial charge is 0.449 e. The summed E-state index contributed by atoms with van der Waals surface area (Å²) in [6.07, 6.45) is 1.36. The van der Waals surface area contributed by atoms with Gasteiger partial charge in [-0.25, -0.2) is 5.43 Å². The minimum atomic E-state index is -0.473. The molecule has 3 aromatic carbocycles. The summed E-state index contributed by atoms with van der Waals surface area (Å²) >= 11 is 13.1. The highest BCUT2D eigenvalue weighted by Crippen LogP contribution is 2.23. The predicted molar refractivity (Wildman–Crippen MR) is 134 cm³/mol. The fraction of sp³-hybridized carbons (Fsp3) is 0.0417. The van der Waals surface area contributed by atoms with Gasteiger partial charge in [-0.2, -0.15) is 5.10 Å². The van der Waals surface area contributed by atoms with Crippen molar-refractivity contribution in [2.45, 2.75) is 5.09 Å². The normalized spacial score (nSPS) is 11.1. The van der Waals surface area contributed by atoms with Crippen molar-refractivity contribution in [2.24, 2.45) is 5.10 Å². The Morgan fingerprint density at radius 1 is 0.970 bits per heavy atom. The van der Waals surface area contributed by atoms with Gasteiger partial charge >= 0.3 is 0 Å². The van der Waals surface area contributed by atoms with Crippen LogP contribution in [0.5, 0.6) is 0 Å². The van der Waals surface area contributed by atoms with Crippen LogP contribution in [0, 0.1) is 0 Å². The van der Waals surface area contributed by atoms with E-state index in [0.29, 0.717) is 15.9 Å². The van der Waals surface area contributed by atoms with E-state index in [1.165, 1.54) is 30.1 Å². The molecule has 0 atom stereocenters. The molecule has 0 bridgehead atoms. The lowest BCUT2D eigenvalue weighted by Crippen LogP contribution is -2.17. The van der Waals surface area contributed by atoms with Crippen molar-refractivity contribution in [1.82, 2.24) is 5.43 Å². The van der Waals surface area contributed by atoms with Gasteiger partial charge < -0.3 is 9.73 Å². The summed E-state index contributed by atoms with van der Waals surface area (Å²) in [6.45, 7) is 0. The molecule has 0 radical (unpaired) electrons. The predicted octanol–water partition coefficient (Wildman–Crippen LogP) is 6.23. The molecule has 0 saturated heterocycles. The lowest BCUT2D eigenvalue weighted by molar-refractivity contribution is -0.113. The van der Waals surface area contributed by atoms with E-state index in [1.54, 1.807) is 18.2 Å². The highest BCUT2D eigenvalue weighted by atomic mass is 35.5. The van der Waals surface area contributed by atoms with Gasteiger partial charge in [-0.05, 0) is 53.2 Å². The maximum Gasteiger partial charge on any atom is 0.272 e. The SMILES string of the molecule is O=C(CSc1ccc(C=NNC(=O)c2ccc(Cl)cc2Cl)o1)Nc1ccc2ccccc2c1. The summed E-state index contributed by atoms with van der Waals surface area (Å²) < 4.78 is 5.61. The molecular formula is C24H17Cl2N3O3S. The highest BCUT2D eigenvalue weighted by molar-refractivity contribution is 7.99. The van der Waals surface area contributed by atoms with Crippen LogP contribution in [0.3, 0.4) is 0 Å². The molecule has 33 heavy (non-hydrogen) atoms. The Balaban J connectivity index is 1.27. The standard InChI is InChI=1S/C24H17Cl2N3O3S/c25-17-6-9-20(21(26)12-17)24(31)29-27-13-19-8-10-23(32-19)33-14-22(30)28-18-7-5-15-3-1-2-4-16(15)11-18/h1-13H,14H2,(H,28,30)(H,29,31). The maximum atomic E-state index is 12.3. The van der Waals surface area contributed by atoms with Crippen LogP contribution in [0.15, 0.2) is 87.4 Å². The van der Waals surface area contributed by atoms with Crippen molar-refractivity contribution >= 4 is 69.5 Å². The van der Waals surface area contributed by atoms with E-state index in [9.17, 15) is 9.59 Å². The zero-order chi connectivity index (χ0) is 23.2. The number of halogens is 2. The number of rotatable bonds is 7. The number of benzene rings is 3. The fourth-order valence-corrected chi connectivity index (χ4v) is 4.13. The number of amides is 2. The van der Waals surface area contributed by atoms with E-state index in [0.717, 1.165) is 16.5 Å². The number of nitrogens with one attached hydrogen (secondary N) is 2. The lowest BCUT2D eigenvalue weighted by atomic mass is 10.1. The maximum absolute atomic E-state index is 12.3. The lowest BCUT2D eigenvalue weighted by Gasteiger charge is -2.06. The van der Waals surface area contributed by atoms with Gasteiger partial charge in [-0.3, -0.25) is 9.59 Å². The molecule has 2 amide bonds. The van der Waals surface area contributed by atoms with E-state index in [1.807, 2.05) is 42.5 Å². The van der Waals surface area contributed by atoms with Crippen LogP contribution in [0.1, 0.15) is 16.1 Å². The van der Waals surface area contributed by atoms with Gasteiger partial charge in [0.1, 0.15) is 5.76 Å². The summed E-state index contributed by atoms with van der Waals surface area (Å²) in [6, 6.07) is 21.7. The van der Waals surface area contributed by atoms with Gasteiger partial charge in [0.05, 0.1) is 22.6 Å². The van der Waals surface area contributed by atoms with E-state index < -0.39 is 5.91 Å². The zero-order valence-electron chi connectivity index (χ0n) is 17.0. The molecular weight excluding hydrogens is 481 g/mol. The first kappa shape index (κ1) is 22.9. The first-order valence-corrected chi connectivity index (χ1v) is 11.5. The average molecular weight is 498 g/mol. The summed E-state index contributed by atoms with van der Waals surface area (Å²) in [5.41, 5.74) is 3.37. The van der Waals surface area contributed by atoms with Crippen LogP contribution in [0.25, 0.3) is 10.8 Å². The number of carbonyl (C=O) groups excluding carboxylic acids is 2. The van der Waals surface area contributed by atoms with Crippen LogP contribution in [0.2, 0.25) is 10.0 Å². The number of hydrazone groups is 1. The second-order valence-electron chi connectivity index (χ2n) is 6.88. The van der Waals surface area contributed by atoms with E-state index in [4.69, 9.17) is 27.6 Å². The summed E-state index contributed by atoms with van der Waals surface area (Å²) in [5.74, 6) is -0.00806. The minimum absolute atomic E-state index is 0.144. The van der Waals surface area contributed by atoms with Crippen molar-refractivity contribution in [3.05, 3.63) is 94.2 Å². The molecule has 0 spiro atoms. The van der Waals surface area contributed by atoms with Crippen molar-refractivity contribution in [2.75, 3.05) is 11.1 Å². The van der Waals surface area contributed by atoms with Gasteiger partial charge in [0.2, 0.25) is 5.91 Å². The Morgan fingerprint density at radius 3 is 2.61 bits per heavy atom. The Bertz CT molecular complexity index is 1350. The minimum Gasteiger partial charge on any atom is -0.449 e. The van der Waals surface area contributed by atoms with Gasteiger partial charge in [-0.1, -0.05) is 65.3 Å². The molecule has 0 aliphatic rings. The number of hydrogen-bond acceptors (Lipinski definition) is 5. The van der Waals surface area contributed by atoms with Gasteiger partial charge in [0, 0.05) is 10.7 Å². The number of nitrogens with zero attached hydrogens (tertiary/aromatic N) is 1. The number of thioether (sulfide) groups is 1. The van der Waals surface area contributed by atoms with Crippen LogP contribution in [-0.2, 0) is 4.79 Å². The molecule has 1 aromatic heterocycles. The second-order valence-corrected chi connectivity index (χ2v) is 8.70. The third-order valence-electron chi connectivity index (χ3n) is 4.51.